The molecule has 0 radical (unpaired) electrons. The van der Waals surface area contributed by atoms with Gasteiger partial charge in [0.25, 0.3) is 0 Å². The van der Waals surface area contributed by atoms with E-state index in [2.05, 4.69) is 0 Å². The number of alkyl halides is 3. The SMILES string of the molecule is Cc1ccc(C=CC(=O)c2ccc(OCCCC(F)(F)F)cc2)cc1. The van der Waals surface area contributed by atoms with Crippen molar-refractivity contribution < 1.29 is 22.7 Å². The van der Waals surface area contributed by atoms with Gasteiger partial charge in [0.15, 0.2) is 5.78 Å². The molecule has 0 aliphatic rings. The summed E-state index contributed by atoms with van der Waals surface area (Å²) in [7, 11) is 0. The molecule has 2 rings (SSSR count). The van der Waals surface area contributed by atoms with E-state index in [1.165, 1.54) is 6.08 Å². The molecule has 0 amide bonds. The summed E-state index contributed by atoms with van der Waals surface area (Å²) in [5.74, 6) is 0.297. The van der Waals surface area contributed by atoms with Crippen molar-refractivity contribution in [2.45, 2.75) is 25.9 Å². The number of allylic oxidation sites excluding steroid dienone is 1. The first-order valence-electron chi connectivity index (χ1n) is 7.92. The van der Waals surface area contributed by atoms with Crippen LogP contribution in [0.5, 0.6) is 5.75 Å². The Balaban J connectivity index is 1.86. The van der Waals surface area contributed by atoms with Crippen molar-refractivity contribution in [1.29, 1.82) is 0 Å². The van der Waals surface area contributed by atoms with Crippen molar-refractivity contribution in [3.63, 3.8) is 0 Å². The van der Waals surface area contributed by atoms with E-state index in [1.54, 1.807) is 30.3 Å². The smallest absolute Gasteiger partial charge is 0.389 e. The summed E-state index contributed by atoms with van der Waals surface area (Å²) in [4.78, 5) is 12.1. The number of ketones is 1. The van der Waals surface area contributed by atoms with E-state index in [0.29, 0.717) is 11.3 Å². The number of carbonyl (C=O) groups excluding carboxylic acids is 1. The zero-order chi connectivity index (χ0) is 18.3. The highest BCUT2D eigenvalue weighted by Gasteiger charge is 2.26. The minimum absolute atomic E-state index is 0.0138. The molecule has 0 aliphatic heterocycles. The second-order valence-corrected chi connectivity index (χ2v) is 5.70. The van der Waals surface area contributed by atoms with Gasteiger partial charge in [-0.2, -0.15) is 13.2 Å². The van der Waals surface area contributed by atoms with Gasteiger partial charge in [0.2, 0.25) is 0 Å². The van der Waals surface area contributed by atoms with Gasteiger partial charge in [-0.1, -0.05) is 35.9 Å². The minimum Gasteiger partial charge on any atom is -0.494 e. The molecule has 0 aromatic heterocycles. The van der Waals surface area contributed by atoms with Crippen LogP contribution in [0.2, 0.25) is 0 Å². The number of carbonyl (C=O) groups is 1. The van der Waals surface area contributed by atoms with Crippen LogP contribution in [-0.2, 0) is 0 Å². The molecule has 0 aliphatic carbocycles. The molecule has 2 nitrogen and oxygen atoms in total. The molecule has 0 fully saturated rings. The van der Waals surface area contributed by atoms with E-state index >= 15 is 0 Å². The van der Waals surface area contributed by atoms with Gasteiger partial charge in [-0.15, -0.1) is 0 Å². The molecule has 2 aromatic carbocycles. The van der Waals surface area contributed by atoms with Gasteiger partial charge in [0.05, 0.1) is 6.61 Å². The summed E-state index contributed by atoms with van der Waals surface area (Å²) in [5.41, 5.74) is 2.57. The molecule has 0 unspecified atom stereocenters. The maximum Gasteiger partial charge on any atom is 0.389 e. The Labute approximate surface area is 144 Å². The quantitative estimate of drug-likeness (QED) is 0.369. The van der Waals surface area contributed by atoms with Crippen LogP contribution in [-0.4, -0.2) is 18.6 Å². The van der Waals surface area contributed by atoms with E-state index in [-0.39, 0.29) is 18.8 Å². The molecule has 0 saturated heterocycles. The normalized spacial score (nSPS) is 11.7. The van der Waals surface area contributed by atoms with Crippen molar-refractivity contribution >= 4 is 11.9 Å². The Morgan fingerprint density at radius 1 is 1.04 bits per heavy atom. The van der Waals surface area contributed by atoms with Gasteiger partial charge in [0.1, 0.15) is 5.75 Å². The van der Waals surface area contributed by atoms with Gasteiger partial charge in [-0.3, -0.25) is 4.79 Å². The molecular weight excluding hydrogens is 329 g/mol. The third-order valence-corrected chi connectivity index (χ3v) is 3.52. The average molecular weight is 348 g/mol. The summed E-state index contributed by atoms with van der Waals surface area (Å²) >= 11 is 0. The Kier molecular flexibility index (Phi) is 6.39. The number of ether oxygens (including phenoxy) is 1. The summed E-state index contributed by atoms with van der Waals surface area (Å²) < 4.78 is 41.4. The molecule has 132 valence electrons. The molecular formula is C20H19F3O2. The van der Waals surface area contributed by atoms with Crippen molar-refractivity contribution in [2.24, 2.45) is 0 Å². The zero-order valence-corrected chi connectivity index (χ0v) is 13.8. The van der Waals surface area contributed by atoms with Crippen LogP contribution in [0.4, 0.5) is 13.2 Å². The van der Waals surface area contributed by atoms with Crippen LogP contribution in [0.1, 0.15) is 34.3 Å². The fourth-order valence-electron chi connectivity index (χ4n) is 2.12. The molecule has 5 heteroatoms. The fourth-order valence-corrected chi connectivity index (χ4v) is 2.12. The number of hydrogen-bond acceptors (Lipinski definition) is 2. The van der Waals surface area contributed by atoms with Crippen molar-refractivity contribution in [1.82, 2.24) is 0 Å². The minimum atomic E-state index is -4.16. The Morgan fingerprint density at radius 2 is 1.68 bits per heavy atom. The molecule has 0 N–H and O–H groups in total. The number of halogens is 3. The third kappa shape index (κ3) is 6.83. The zero-order valence-electron chi connectivity index (χ0n) is 13.8. The highest BCUT2D eigenvalue weighted by molar-refractivity contribution is 6.06. The van der Waals surface area contributed by atoms with Crippen LogP contribution in [0, 0.1) is 6.92 Å². The average Bonchev–Trinajstić information content (AvgIpc) is 2.58. The number of aryl methyl sites for hydroxylation is 1. The first-order valence-corrected chi connectivity index (χ1v) is 7.92. The summed E-state index contributed by atoms with van der Waals surface area (Å²) in [6.45, 7) is 1.98. The lowest BCUT2D eigenvalue weighted by atomic mass is 10.1. The maximum atomic E-state index is 12.1. The molecule has 0 saturated carbocycles. The Morgan fingerprint density at radius 3 is 2.28 bits per heavy atom. The number of hydrogen-bond donors (Lipinski definition) is 0. The molecule has 0 atom stereocenters. The third-order valence-electron chi connectivity index (χ3n) is 3.52. The van der Waals surface area contributed by atoms with Crippen molar-refractivity contribution in [3.05, 3.63) is 71.3 Å². The van der Waals surface area contributed by atoms with Crippen LogP contribution in [0.15, 0.2) is 54.6 Å². The van der Waals surface area contributed by atoms with Gasteiger partial charge < -0.3 is 4.74 Å². The van der Waals surface area contributed by atoms with Crippen LogP contribution in [0.3, 0.4) is 0 Å². The predicted molar refractivity (Wildman–Crippen MR) is 91.8 cm³/mol. The van der Waals surface area contributed by atoms with Gasteiger partial charge in [-0.25, -0.2) is 0 Å². The second kappa shape index (κ2) is 8.51. The standard InChI is InChI=1S/C20H19F3O2/c1-15-3-5-16(6-4-15)7-12-19(24)17-8-10-18(11-9-17)25-14-2-13-20(21,22)23/h3-12H,2,13-14H2,1H3. The van der Waals surface area contributed by atoms with Gasteiger partial charge in [-0.05, 0) is 49.2 Å². The monoisotopic (exact) mass is 348 g/mol. The summed E-state index contributed by atoms with van der Waals surface area (Å²) in [5, 5.41) is 0. The van der Waals surface area contributed by atoms with E-state index in [9.17, 15) is 18.0 Å². The highest BCUT2D eigenvalue weighted by Crippen LogP contribution is 2.21. The first-order chi connectivity index (χ1) is 11.8. The van der Waals surface area contributed by atoms with E-state index in [0.717, 1.165) is 11.1 Å². The van der Waals surface area contributed by atoms with Crippen LogP contribution >= 0.6 is 0 Å². The summed E-state index contributed by atoms with van der Waals surface area (Å²) in [6, 6.07) is 14.2. The lowest BCUT2D eigenvalue weighted by Crippen LogP contribution is -2.09. The maximum absolute atomic E-state index is 12.1. The summed E-state index contributed by atoms with van der Waals surface area (Å²) in [6.07, 6.45) is -1.90. The topological polar surface area (TPSA) is 26.3 Å². The van der Waals surface area contributed by atoms with Crippen LogP contribution < -0.4 is 4.74 Å². The molecule has 25 heavy (non-hydrogen) atoms. The predicted octanol–water partition coefficient (Wildman–Crippen LogP) is 5.61. The first kappa shape index (κ1) is 18.8. The number of rotatable bonds is 7. The van der Waals surface area contributed by atoms with Gasteiger partial charge in [0, 0.05) is 12.0 Å². The van der Waals surface area contributed by atoms with Crippen molar-refractivity contribution in [3.8, 4) is 5.75 Å². The fraction of sp³-hybridized carbons (Fsp3) is 0.250. The molecule has 0 spiro atoms. The van der Waals surface area contributed by atoms with E-state index in [4.69, 9.17) is 4.74 Å². The lowest BCUT2D eigenvalue weighted by Gasteiger charge is -2.08. The molecule has 2 aromatic rings. The Bertz CT molecular complexity index is 714. The lowest BCUT2D eigenvalue weighted by molar-refractivity contribution is -0.136. The molecule has 0 heterocycles. The number of benzene rings is 2. The van der Waals surface area contributed by atoms with Crippen molar-refractivity contribution in [2.75, 3.05) is 6.61 Å². The molecule has 0 bridgehead atoms. The highest BCUT2D eigenvalue weighted by atomic mass is 19.4. The Hall–Kier alpha value is -2.56. The van der Waals surface area contributed by atoms with E-state index < -0.39 is 12.6 Å². The van der Waals surface area contributed by atoms with Gasteiger partial charge >= 0.3 is 6.18 Å². The second-order valence-electron chi connectivity index (χ2n) is 5.70. The largest absolute Gasteiger partial charge is 0.494 e. The van der Waals surface area contributed by atoms with Crippen LogP contribution in [0.25, 0.3) is 6.08 Å². The van der Waals surface area contributed by atoms with E-state index in [1.807, 2.05) is 31.2 Å².